The van der Waals surface area contributed by atoms with Crippen molar-refractivity contribution < 1.29 is 19.1 Å². The predicted molar refractivity (Wildman–Crippen MR) is 92.8 cm³/mol. The molecule has 0 bridgehead atoms. The first-order chi connectivity index (χ1) is 11.5. The van der Waals surface area contributed by atoms with E-state index in [1.54, 1.807) is 12.1 Å². The lowest BCUT2D eigenvalue weighted by Crippen LogP contribution is -2.38. The van der Waals surface area contributed by atoms with Gasteiger partial charge in [0.2, 0.25) is 0 Å². The molecule has 0 aliphatic heterocycles. The molecule has 2 N–H and O–H groups in total. The largest absolute Gasteiger partial charge is 0.493 e. The molecule has 7 nitrogen and oxygen atoms in total. The molecule has 0 aliphatic rings. The number of hydrogen-bond acceptors (Lipinski definition) is 5. The predicted octanol–water partition coefficient (Wildman–Crippen LogP) is 2.11. The minimum atomic E-state index is -0.827. The van der Waals surface area contributed by atoms with Crippen molar-refractivity contribution in [3.8, 4) is 11.5 Å². The van der Waals surface area contributed by atoms with Crippen LogP contribution in [-0.2, 0) is 9.59 Å². The second kappa shape index (κ2) is 10.5. The Morgan fingerprint density at radius 2 is 2.04 bits per heavy atom. The molecule has 0 atom stereocenters. The Bertz CT molecular complexity index is 605. The van der Waals surface area contributed by atoms with Gasteiger partial charge in [-0.1, -0.05) is 24.9 Å². The quantitative estimate of drug-likeness (QED) is 0.323. The van der Waals surface area contributed by atoms with Crippen molar-refractivity contribution in [3.05, 3.63) is 22.7 Å². The van der Waals surface area contributed by atoms with Crippen LogP contribution in [0.3, 0.4) is 0 Å². The van der Waals surface area contributed by atoms with Crippen molar-refractivity contribution >= 4 is 29.6 Å². The Hall–Kier alpha value is -2.28. The summed E-state index contributed by atoms with van der Waals surface area (Å²) in [5.41, 5.74) is 2.75. The maximum atomic E-state index is 11.5. The van der Waals surface area contributed by atoms with E-state index in [1.165, 1.54) is 13.3 Å². The summed E-state index contributed by atoms with van der Waals surface area (Å²) in [4.78, 5) is 23.0. The van der Waals surface area contributed by atoms with Crippen LogP contribution in [0.1, 0.15) is 32.3 Å². The van der Waals surface area contributed by atoms with E-state index in [2.05, 4.69) is 15.8 Å². The van der Waals surface area contributed by atoms with Crippen LogP contribution in [0.4, 0.5) is 0 Å². The molecule has 0 fully saturated rings. The molecule has 1 aromatic carbocycles. The Kier molecular flexibility index (Phi) is 8.64. The van der Waals surface area contributed by atoms with Gasteiger partial charge in [0.1, 0.15) is 0 Å². The molecule has 0 heterocycles. The third kappa shape index (κ3) is 6.08. The zero-order valence-corrected chi connectivity index (χ0v) is 14.8. The maximum Gasteiger partial charge on any atom is 0.329 e. The summed E-state index contributed by atoms with van der Waals surface area (Å²) < 4.78 is 10.6. The van der Waals surface area contributed by atoms with E-state index in [-0.39, 0.29) is 0 Å². The smallest absolute Gasteiger partial charge is 0.329 e. The number of hydrazone groups is 1. The highest BCUT2D eigenvalue weighted by Crippen LogP contribution is 2.35. The summed E-state index contributed by atoms with van der Waals surface area (Å²) in [5, 5.41) is 6.60. The van der Waals surface area contributed by atoms with Gasteiger partial charge in [-0.3, -0.25) is 9.59 Å². The monoisotopic (exact) mass is 355 g/mol. The number of nitrogens with zero attached hydrogens (tertiary/aromatic N) is 1. The zero-order valence-electron chi connectivity index (χ0n) is 14.0. The fourth-order valence-electron chi connectivity index (χ4n) is 1.77. The van der Waals surface area contributed by atoms with Crippen molar-refractivity contribution in [3.63, 3.8) is 0 Å². The first kappa shape index (κ1) is 19.8. The van der Waals surface area contributed by atoms with Gasteiger partial charge in [-0.05, 0) is 31.0 Å². The van der Waals surface area contributed by atoms with Crippen LogP contribution in [0.2, 0.25) is 5.02 Å². The van der Waals surface area contributed by atoms with Gasteiger partial charge in [0.15, 0.2) is 11.5 Å². The number of rotatable bonds is 8. The van der Waals surface area contributed by atoms with Crippen LogP contribution in [0, 0.1) is 0 Å². The van der Waals surface area contributed by atoms with E-state index >= 15 is 0 Å². The number of methoxy groups -OCH3 is 1. The molecule has 1 rings (SSSR count). The molecule has 0 radical (unpaired) electrons. The van der Waals surface area contributed by atoms with Crippen molar-refractivity contribution in [2.24, 2.45) is 5.10 Å². The van der Waals surface area contributed by atoms with Crippen LogP contribution in [0.25, 0.3) is 0 Å². The number of ether oxygens (including phenoxy) is 2. The summed E-state index contributed by atoms with van der Waals surface area (Å²) in [6.45, 7) is 4.74. The molecule has 0 unspecified atom stereocenters. The highest BCUT2D eigenvalue weighted by Gasteiger charge is 2.12. The second-order valence-electron chi connectivity index (χ2n) is 4.78. The molecule has 1 aromatic rings. The van der Waals surface area contributed by atoms with Gasteiger partial charge >= 0.3 is 11.8 Å². The Morgan fingerprint density at radius 3 is 2.67 bits per heavy atom. The molecular formula is C16H22ClN3O4. The lowest BCUT2D eigenvalue weighted by Gasteiger charge is -2.11. The number of halogens is 1. The first-order valence-electron chi connectivity index (χ1n) is 7.65. The fraction of sp³-hybridized carbons (Fsp3) is 0.438. The minimum absolute atomic E-state index is 0.362. The van der Waals surface area contributed by atoms with Crippen molar-refractivity contribution in [1.29, 1.82) is 0 Å². The third-order valence-corrected chi connectivity index (χ3v) is 3.22. The lowest BCUT2D eigenvalue weighted by molar-refractivity contribution is -0.139. The van der Waals surface area contributed by atoms with Crippen LogP contribution in [-0.4, -0.2) is 38.3 Å². The van der Waals surface area contributed by atoms with Crippen molar-refractivity contribution in [1.82, 2.24) is 10.7 Å². The van der Waals surface area contributed by atoms with Gasteiger partial charge in [-0.25, -0.2) is 5.43 Å². The van der Waals surface area contributed by atoms with E-state index in [4.69, 9.17) is 21.1 Å². The molecule has 132 valence electrons. The molecule has 0 spiro atoms. The normalized spacial score (nSPS) is 10.5. The SMILES string of the molecule is CCCCNC(=O)C(=O)N/N=C\c1cc(Cl)c(OCC)c(OC)c1. The Balaban J connectivity index is 2.68. The molecule has 8 heteroatoms. The fourth-order valence-corrected chi connectivity index (χ4v) is 2.05. The van der Waals surface area contributed by atoms with Crippen molar-refractivity contribution in [2.45, 2.75) is 26.7 Å². The van der Waals surface area contributed by atoms with Gasteiger partial charge in [-0.15, -0.1) is 0 Å². The maximum absolute atomic E-state index is 11.5. The number of carbonyl (C=O) groups excluding carboxylic acids is 2. The average Bonchev–Trinajstić information content (AvgIpc) is 2.57. The Morgan fingerprint density at radius 1 is 1.29 bits per heavy atom. The molecule has 0 saturated heterocycles. The summed E-state index contributed by atoms with van der Waals surface area (Å²) >= 11 is 6.14. The zero-order chi connectivity index (χ0) is 17.9. The summed E-state index contributed by atoms with van der Waals surface area (Å²) in [5.74, 6) is -0.651. The highest BCUT2D eigenvalue weighted by molar-refractivity contribution is 6.35. The summed E-state index contributed by atoms with van der Waals surface area (Å²) in [6, 6.07) is 3.28. The van der Waals surface area contributed by atoms with Crippen LogP contribution < -0.4 is 20.2 Å². The molecule has 0 aliphatic carbocycles. The first-order valence-corrected chi connectivity index (χ1v) is 8.02. The average molecular weight is 356 g/mol. The van der Waals surface area contributed by atoms with E-state index < -0.39 is 11.8 Å². The van der Waals surface area contributed by atoms with Crippen LogP contribution in [0.5, 0.6) is 11.5 Å². The molecule has 24 heavy (non-hydrogen) atoms. The van der Waals surface area contributed by atoms with Gasteiger partial charge in [-0.2, -0.15) is 5.10 Å². The van der Waals surface area contributed by atoms with Crippen molar-refractivity contribution in [2.75, 3.05) is 20.3 Å². The number of benzene rings is 1. The summed E-state index contributed by atoms with van der Waals surface area (Å²) in [6.07, 6.45) is 3.11. The number of hydrogen-bond donors (Lipinski definition) is 2. The molecule has 0 aromatic heterocycles. The Labute approximate surface area is 146 Å². The number of unbranched alkanes of at least 4 members (excludes halogenated alkanes) is 1. The van der Waals surface area contributed by atoms with Gasteiger partial charge in [0.25, 0.3) is 0 Å². The molecule has 2 amide bonds. The van der Waals surface area contributed by atoms with Crippen LogP contribution in [0.15, 0.2) is 17.2 Å². The number of carbonyl (C=O) groups is 2. The molecular weight excluding hydrogens is 334 g/mol. The van der Waals surface area contributed by atoms with Gasteiger partial charge < -0.3 is 14.8 Å². The minimum Gasteiger partial charge on any atom is -0.493 e. The molecule has 0 saturated carbocycles. The second-order valence-corrected chi connectivity index (χ2v) is 5.18. The van der Waals surface area contributed by atoms with Gasteiger partial charge in [0, 0.05) is 6.54 Å². The summed E-state index contributed by atoms with van der Waals surface area (Å²) in [7, 11) is 1.50. The van der Waals surface area contributed by atoms with Crippen LogP contribution >= 0.6 is 11.6 Å². The van der Waals surface area contributed by atoms with E-state index in [0.717, 1.165) is 12.8 Å². The number of nitrogens with one attached hydrogen (secondary N) is 2. The van der Waals surface area contributed by atoms with E-state index in [9.17, 15) is 9.59 Å². The van der Waals surface area contributed by atoms with E-state index in [0.29, 0.717) is 35.2 Å². The third-order valence-electron chi connectivity index (χ3n) is 2.94. The standard InChI is InChI=1S/C16H22ClN3O4/c1-4-6-7-18-15(21)16(22)20-19-10-11-8-12(17)14(24-5-2)13(9-11)23-3/h8-10H,4-7H2,1-3H3,(H,18,21)(H,20,22)/b19-10-. The lowest BCUT2D eigenvalue weighted by atomic mass is 10.2. The van der Waals surface area contributed by atoms with Gasteiger partial charge in [0.05, 0.1) is 25.0 Å². The highest BCUT2D eigenvalue weighted by atomic mass is 35.5. The van der Waals surface area contributed by atoms with E-state index in [1.807, 2.05) is 13.8 Å². The number of amides is 2. The topological polar surface area (TPSA) is 89.0 Å².